The summed E-state index contributed by atoms with van der Waals surface area (Å²) in [5.41, 5.74) is 1.01. The fourth-order valence-corrected chi connectivity index (χ4v) is 5.53. The Labute approximate surface area is 278 Å². The van der Waals surface area contributed by atoms with E-state index in [0.717, 1.165) is 16.6 Å². The lowest BCUT2D eigenvalue weighted by molar-refractivity contribution is -0.114. The highest BCUT2D eigenvalue weighted by molar-refractivity contribution is 6.30. The molecule has 1 amide bonds. The topological polar surface area (TPSA) is 116 Å². The van der Waals surface area contributed by atoms with Gasteiger partial charge in [-0.25, -0.2) is 14.8 Å². The lowest BCUT2D eigenvalue weighted by Gasteiger charge is -2.36. The van der Waals surface area contributed by atoms with Gasteiger partial charge in [0.25, 0.3) is 0 Å². The van der Waals surface area contributed by atoms with E-state index in [1.54, 1.807) is 21.3 Å². The fraction of sp³-hybridized carbons (Fsp3) is 0.559. The minimum absolute atomic E-state index is 0.303. The standard InChI is InChI=1S/C34H50ClN5O6/c1-32(2,3)46-31(41)36-20-33(4,5)19-34(6,7)45-28-15-24-26(16-27(28)42-9)37-21-38-30(24)39-25-14-23(35)13-12-22(25)17-40(8)18-29(43-10)44-11/h12-16,21,29H,17-20H2,1-11H3,(H,36,41)(H,37,38,39). The van der Waals surface area contributed by atoms with Crippen molar-refractivity contribution in [1.29, 1.82) is 0 Å². The highest BCUT2D eigenvalue weighted by Crippen LogP contribution is 2.39. The van der Waals surface area contributed by atoms with Crippen molar-refractivity contribution in [3.63, 3.8) is 0 Å². The number of ether oxygens (including phenoxy) is 5. The third kappa shape index (κ3) is 11.2. The number of hydrogen-bond acceptors (Lipinski definition) is 10. The van der Waals surface area contributed by atoms with Crippen LogP contribution in [0.3, 0.4) is 0 Å². The molecule has 0 radical (unpaired) electrons. The second kappa shape index (κ2) is 15.5. The molecular formula is C34H50ClN5O6. The molecule has 0 aliphatic carbocycles. The summed E-state index contributed by atoms with van der Waals surface area (Å²) in [6, 6.07) is 9.45. The van der Waals surface area contributed by atoms with Crippen LogP contribution in [0.4, 0.5) is 16.3 Å². The molecule has 0 aliphatic heterocycles. The molecule has 0 saturated heterocycles. The number of hydrogen-bond donors (Lipinski definition) is 2. The van der Waals surface area contributed by atoms with E-state index in [2.05, 4.69) is 39.3 Å². The van der Waals surface area contributed by atoms with Crippen LogP contribution in [0, 0.1) is 5.41 Å². The van der Waals surface area contributed by atoms with Crippen molar-refractivity contribution in [3.05, 3.63) is 47.2 Å². The zero-order valence-corrected chi connectivity index (χ0v) is 29.8. The number of benzene rings is 2. The van der Waals surface area contributed by atoms with Crippen molar-refractivity contribution in [2.24, 2.45) is 5.41 Å². The SMILES string of the molecule is COc1cc2ncnc(Nc3cc(Cl)ccc3CN(C)CC(OC)OC)c2cc1OC(C)(C)CC(C)(C)CNC(=O)OC(C)(C)C. The van der Waals surface area contributed by atoms with Crippen LogP contribution < -0.4 is 20.1 Å². The predicted molar refractivity (Wildman–Crippen MR) is 182 cm³/mol. The summed E-state index contributed by atoms with van der Waals surface area (Å²) < 4.78 is 28.5. The molecule has 0 aliphatic rings. The Bertz CT molecular complexity index is 1470. The zero-order valence-electron chi connectivity index (χ0n) is 29.0. The zero-order chi connectivity index (χ0) is 34.3. The number of carbonyl (C=O) groups excluding carboxylic acids is 1. The minimum atomic E-state index is -0.629. The molecule has 46 heavy (non-hydrogen) atoms. The number of anilines is 2. The van der Waals surface area contributed by atoms with E-state index in [1.165, 1.54) is 6.33 Å². The number of halogens is 1. The molecule has 1 heterocycles. The van der Waals surface area contributed by atoms with Crippen molar-refractivity contribution in [2.45, 2.75) is 78.9 Å². The Hall–Kier alpha value is -3.38. The Morgan fingerprint density at radius 2 is 1.67 bits per heavy atom. The van der Waals surface area contributed by atoms with Gasteiger partial charge in [-0.05, 0) is 77.3 Å². The third-order valence-corrected chi connectivity index (χ3v) is 7.31. The first kappa shape index (κ1) is 37.1. The molecule has 11 nitrogen and oxygen atoms in total. The van der Waals surface area contributed by atoms with E-state index in [9.17, 15) is 4.79 Å². The van der Waals surface area contributed by atoms with Crippen molar-refractivity contribution >= 4 is 40.1 Å². The third-order valence-electron chi connectivity index (χ3n) is 7.07. The van der Waals surface area contributed by atoms with E-state index >= 15 is 0 Å². The first-order valence-corrected chi connectivity index (χ1v) is 15.6. The highest BCUT2D eigenvalue weighted by Gasteiger charge is 2.32. The van der Waals surface area contributed by atoms with Crippen LogP contribution in [0.5, 0.6) is 11.5 Å². The van der Waals surface area contributed by atoms with Crippen LogP contribution in [-0.2, 0) is 20.8 Å². The summed E-state index contributed by atoms with van der Waals surface area (Å²) in [7, 11) is 6.84. The number of amides is 1. The molecule has 2 aromatic carbocycles. The molecule has 3 aromatic rings. The van der Waals surface area contributed by atoms with Gasteiger partial charge >= 0.3 is 6.09 Å². The van der Waals surface area contributed by atoms with E-state index < -0.39 is 17.3 Å². The Kier molecular flexibility index (Phi) is 12.5. The monoisotopic (exact) mass is 659 g/mol. The van der Waals surface area contributed by atoms with E-state index in [0.29, 0.717) is 53.9 Å². The second-order valence-corrected chi connectivity index (χ2v) is 14.3. The lowest BCUT2D eigenvalue weighted by atomic mass is 9.81. The Morgan fingerprint density at radius 3 is 2.30 bits per heavy atom. The number of rotatable bonds is 15. The summed E-state index contributed by atoms with van der Waals surface area (Å²) in [6.07, 6.45) is 1.34. The average Bonchev–Trinajstić information content (AvgIpc) is 2.94. The maximum Gasteiger partial charge on any atom is 0.407 e. The van der Waals surface area contributed by atoms with Crippen molar-refractivity contribution < 1.29 is 28.5 Å². The van der Waals surface area contributed by atoms with Gasteiger partial charge in [0.15, 0.2) is 17.8 Å². The Morgan fingerprint density at radius 1 is 0.978 bits per heavy atom. The molecule has 1 aromatic heterocycles. The molecule has 0 bridgehead atoms. The number of aromatic nitrogens is 2. The first-order valence-electron chi connectivity index (χ1n) is 15.2. The number of alkyl carbamates (subject to hydrolysis) is 1. The number of fused-ring (bicyclic) bond motifs is 1. The van der Waals surface area contributed by atoms with Gasteiger partial charge in [0.05, 0.1) is 12.6 Å². The number of nitrogens with one attached hydrogen (secondary N) is 2. The van der Waals surface area contributed by atoms with E-state index in [-0.39, 0.29) is 11.7 Å². The van der Waals surface area contributed by atoms with Crippen LogP contribution >= 0.6 is 11.6 Å². The molecule has 0 saturated carbocycles. The van der Waals surface area contributed by atoms with Gasteiger partial charge in [0, 0.05) is 56.0 Å². The molecule has 0 fully saturated rings. The fourth-order valence-electron chi connectivity index (χ4n) is 5.36. The van der Waals surface area contributed by atoms with Crippen molar-refractivity contribution in [3.8, 4) is 11.5 Å². The van der Waals surface area contributed by atoms with Gasteiger partial charge in [-0.15, -0.1) is 0 Å². The molecule has 0 unspecified atom stereocenters. The Balaban J connectivity index is 1.87. The van der Waals surface area contributed by atoms with Gasteiger partial charge in [0.2, 0.25) is 0 Å². The number of likely N-dealkylation sites (N-methyl/N-ethyl adjacent to an activating group) is 1. The largest absolute Gasteiger partial charge is 0.493 e. The summed E-state index contributed by atoms with van der Waals surface area (Å²) >= 11 is 6.43. The maximum atomic E-state index is 12.3. The van der Waals surface area contributed by atoms with E-state index in [1.807, 2.05) is 72.0 Å². The maximum absolute atomic E-state index is 12.3. The van der Waals surface area contributed by atoms with Gasteiger partial charge < -0.3 is 34.3 Å². The van der Waals surface area contributed by atoms with Gasteiger partial charge in [-0.1, -0.05) is 31.5 Å². The average molecular weight is 660 g/mol. The summed E-state index contributed by atoms with van der Waals surface area (Å²) in [5.74, 6) is 1.69. The quantitative estimate of drug-likeness (QED) is 0.162. The summed E-state index contributed by atoms with van der Waals surface area (Å²) in [5, 5.41) is 7.71. The predicted octanol–water partition coefficient (Wildman–Crippen LogP) is 7.18. The number of carbonyl (C=O) groups is 1. The summed E-state index contributed by atoms with van der Waals surface area (Å²) in [4.78, 5) is 23.5. The normalized spacial score (nSPS) is 12.5. The van der Waals surface area contributed by atoms with Crippen molar-refractivity contribution in [1.82, 2.24) is 20.2 Å². The second-order valence-electron chi connectivity index (χ2n) is 13.8. The summed E-state index contributed by atoms with van der Waals surface area (Å²) in [6.45, 7) is 15.3. The molecule has 254 valence electrons. The van der Waals surface area contributed by atoms with Gasteiger partial charge in [-0.2, -0.15) is 0 Å². The number of methoxy groups -OCH3 is 3. The van der Waals surface area contributed by atoms with Gasteiger partial charge in [0.1, 0.15) is 23.3 Å². The van der Waals surface area contributed by atoms with Crippen LogP contribution in [0.25, 0.3) is 10.9 Å². The molecule has 2 N–H and O–H groups in total. The minimum Gasteiger partial charge on any atom is -0.493 e. The number of nitrogens with zero attached hydrogens (tertiary/aromatic N) is 3. The molecule has 0 atom stereocenters. The molecule has 0 spiro atoms. The van der Waals surface area contributed by atoms with E-state index in [4.69, 9.17) is 35.3 Å². The van der Waals surface area contributed by atoms with Crippen LogP contribution in [0.15, 0.2) is 36.7 Å². The highest BCUT2D eigenvalue weighted by atomic mass is 35.5. The first-order chi connectivity index (χ1) is 21.4. The van der Waals surface area contributed by atoms with Gasteiger partial charge in [-0.3, -0.25) is 4.90 Å². The molecule has 12 heteroatoms. The van der Waals surface area contributed by atoms with Crippen LogP contribution in [0.1, 0.15) is 60.5 Å². The molecular weight excluding hydrogens is 610 g/mol. The van der Waals surface area contributed by atoms with Crippen LogP contribution in [-0.4, -0.2) is 79.9 Å². The smallest absolute Gasteiger partial charge is 0.407 e. The molecule has 3 rings (SSSR count). The lowest BCUT2D eigenvalue weighted by Crippen LogP contribution is -2.42. The van der Waals surface area contributed by atoms with Crippen LogP contribution in [0.2, 0.25) is 5.02 Å². The van der Waals surface area contributed by atoms with Crippen molar-refractivity contribution in [2.75, 3.05) is 46.8 Å².